The summed E-state index contributed by atoms with van der Waals surface area (Å²) in [6.07, 6.45) is 16.6. The minimum absolute atomic E-state index is 0.0533. The first-order chi connectivity index (χ1) is 15.3. The van der Waals surface area contributed by atoms with E-state index in [2.05, 4.69) is 66.7 Å². The van der Waals surface area contributed by atoms with Gasteiger partial charge in [0.05, 0.1) is 12.5 Å². The van der Waals surface area contributed by atoms with E-state index in [4.69, 9.17) is 4.74 Å². The van der Waals surface area contributed by atoms with Crippen LogP contribution in [0, 0.1) is 44.8 Å². The molecular formula is C31H46O2. The molecule has 0 aromatic heterocycles. The number of hydrogen-bond donors (Lipinski definition) is 0. The molecule has 5 aliphatic rings. The van der Waals surface area contributed by atoms with Crippen molar-refractivity contribution >= 4 is 5.97 Å². The number of ether oxygens (including phenoxy) is 1. The first kappa shape index (κ1) is 23.4. The zero-order valence-electron chi connectivity index (χ0n) is 22.4. The quantitative estimate of drug-likeness (QED) is 0.314. The fourth-order valence-corrected chi connectivity index (χ4v) is 9.46. The van der Waals surface area contributed by atoms with Crippen LogP contribution in [0.4, 0.5) is 0 Å². The number of methoxy groups -OCH3 is 1. The van der Waals surface area contributed by atoms with Crippen molar-refractivity contribution in [3.8, 4) is 0 Å². The van der Waals surface area contributed by atoms with E-state index in [0.717, 1.165) is 38.5 Å². The van der Waals surface area contributed by atoms with Crippen LogP contribution in [0.2, 0.25) is 0 Å². The van der Waals surface area contributed by atoms with E-state index in [1.807, 2.05) is 0 Å². The van der Waals surface area contributed by atoms with Gasteiger partial charge in [0.2, 0.25) is 0 Å². The number of hydrogen-bond acceptors (Lipinski definition) is 2. The lowest BCUT2D eigenvalue weighted by molar-refractivity contribution is -0.169. The molecule has 0 heterocycles. The van der Waals surface area contributed by atoms with Crippen LogP contribution >= 0.6 is 0 Å². The summed E-state index contributed by atoms with van der Waals surface area (Å²) in [7, 11) is 1.60. The molecule has 0 unspecified atom stereocenters. The van der Waals surface area contributed by atoms with E-state index in [0.29, 0.717) is 17.8 Å². The maximum absolute atomic E-state index is 13.3. The Bertz CT molecular complexity index is 963. The summed E-state index contributed by atoms with van der Waals surface area (Å²) in [5.74, 6) is 1.65. The third-order valence-electron chi connectivity index (χ3n) is 11.7. The van der Waals surface area contributed by atoms with Crippen molar-refractivity contribution in [1.82, 2.24) is 0 Å². The molecule has 5 aliphatic carbocycles. The van der Waals surface area contributed by atoms with Gasteiger partial charge in [0.15, 0.2) is 0 Å². The van der Waals surface area contributed by atoms with Crippen LogP contribution in [-0.2, 0) is 9.53 Å². The van der Waals surface area contributed by atoms with Crippen LogP contribution < -0.4 is 0 Å². The molecule has 2 nitrogen and oxygen atoms in total. The van der Waals surface area contributed by atoms with Crippen molar-refractivity contribution in [2.75, 3.05) is 7.11 Å². The van der Waals surface area contributed by atoms with Crippen molar-refractivity contribution in [3.63, 3.8) is 0 Å². The van der Waals surface area contributed by atoms with Crippen molar-refractivity contribution in [2.24, 2.45) is 44.8 Å². The third-order valence-corrected chi connectivity index (χ3v) is 11.7. The van der Waals surface area contributed by atoms with Crippen LogP contribution in [0.3, 0.4) is 0 Å². The Labute approximate surface area is 202 Å². The standard InChI is InChI=1S/C31H46O2/c1-20(2)21-11-13-28(5)22(21)12-14-30(7)25(28)10-9-23-24-19-27(3,4)15-17-31(24,26(32)33-8)18-16-29(23,30)6/h9,11-12,20,24-25H,10,13-19H2,1-8H3/t24-,25+,28-,29+,30+,31-/m0/s1. The van der Waals surface area contributed by atoms with Gasteiger partial charge in [-0.2, -0.15) is 0 Å². The molecule has 33 heavy (non-hydrogen) atoms. The van der Waals surface area contributed by atoms with Crippen LogP contribution in [0.25, 0.3) is 0 Å². The van der Waals surface area contributed by atoms with E-state index in [-0.39, 0.29) is 33.0 Å². The molecule has 0 saturated heterocycles. The lowest BCUT2D eigenvalue weighted by atomic mass is 9.37. The molecule has 0 aromatic carbocycles. The second kappa shape index (κ2) is 7.11. The molecule has 0 amide bonds. The van der Waals surface area contributed by atoms with E-state index >= 15 is 0 Å². The van der Waals surface area contributed by atoms with Gasteiger partial charge >= 0.3 is 5.97 Å². The normalized spacial score (nSPS) is 45.7. The minimum Gasteiger partial charge on any atom is -0.469 e. The van der Waals surface area contributed by atoms with Crippen molar-refractivity contribution in [2.45, 2.75) is 99.8 Å². The fraction of sp³-hybridized carbons (Fsp3) is 0.774. The van der Waals surface area contributed by atoms with Crippen molar-refractivity contribution in [3.05, 3.63) is 34.9 Å². The highest BCUT2D eigenvalue weighted by atomic mass is 16.5. The minimum atomic E-state index is -0.307. The van der Waals surface area contributed by atoms with Gasteiger partial charge in [0, 0.05) is 0 Å². The summed E-state index contributed by atoms with van der Waals surface area (Å²) in [5.41, 5.74) is 5.48. The monoisotopic (exact) mass is 450 g/mol. The predicted octanol–water partition coefficient (Wildman–Crippen LogP) is 8.05. The summed E-state index contributed by atoms with van der Waals surface area (Å²) >= 11 is 0. The van der Waals surface area contributed by atoms with Gasteiger partial charge in [-0.25, -0.2) is 0 Å². The zero-order chi connectivity index (χ0) is 24.0. The number of esters is 1. The Morgan fingerprint density at radius 3 is 2.33 bits per heavy atom. The lowest BCUT2D eigenvalue weighted by Crippen LogP contribution is -2.60. The summed E-state index contributed by atoms with van der Waals surface area (Å²) in [4.78, 5) is 13.3. The van der Waals surface area contributed by atoms with Gasteiger partial charge in [0.25, 0.3) is 0 Å². The van der Waals surface area contributed by atoms with Crippen LogP contribution in [-0.4, -0.2) is 13.1 Å². The SMILES string of the molecule is COC(=O)[C@]12CCC(C)(C)C[C@H]1C1=CC[C@@H]3[C@@]4(C)CC=C(C(C)C)C4=CC[C@@]3(C)[C@]1(C)CC2. The molecule has 182 valence electrons. The second-order valence-electron chi connectivity index (χ2n) is 14.0. The molecule has 0 aromatic rings. The van der Waals surface area contributed by atoms with Crippen molar-refractivity contribution in [1.29, 1.82) is 0 Å². The summed E-state index contributed by atoms with van der Waals surface area (Å²) in [6.45, 7) is 17.2. The van der Waals surface area contributed by atoms with Gasteiger partial charge in [-0.3, -0.25) is 4.79 Å². The van der Waals surface area contributed by atoms with Gasteiger partial charge in [0.1, 0.15) is 0 Å². The molecule has 0 spiro atoms. The topological polar surface area (TPSA) is 26.3 Å². The molecule has 0 radical (unpaired) electrons. The molecule has 0 aliphatic heterocycles. The van der Waals surface area contributed by atoms with Crippen LogP contribution in [0.15, 0.2) is 34.9 Å². The Kier molecular flexibility index (Phi) is 5.05. The van der Waals surface area contributed by atoms with E-state index in [9.17, 15) is 4.79 Å². The van der Waals surface area contributed by atoms with Crippen LogP contribution in [0.5, 0.6) is 0 Å². The first-order valence-corrected chi connectivity index (χ1v) is 13.5. The Morgan fingerprint density at radius 1 is 0.970 bits per heavy atom. The molecular weight excluding hydrogens is 404 g/mol. The number of carbonyl (C=O) groups is 1. The van der Waals surface area contributed by atoms with E-state index in [1.165, 1.54) is 12.8 Å². The highest BCUT2D eigenvalue weighted by Crippen LogP contribution is 2.74. The third kappa shape index (κ3) is 2.88. The summed E-state index contributed by atoms with van der Waals surface area (Å²) in [5, 5.41) is 0. The summed E-state index contributed by atoms with van der Waals surface area (Å²) < 4.78 is 5.49. The molecule has 0 N–H and O–H groups in total. The Balaban J connectivity index is 1.60. The van der Waals surface area contributed by atoms with E-state index < -0.39 is 0 Å². The largest absolute Gasteiger partial charge is 0.469 e. The highest BCUT2D eigenvalue weighted by Gasteiger charge is 2.67. The van der Waals surface area contributed by atoms with Gasteiger partial charge in [-0.1, -0.05) is 72.3 Å². The highest BCUT2D eigenvalue weighted by molar-refractivity contribution is 5.78. The first-order valence-electron chi connectivity index (χ1n) is 13.5. The zero-order valence-corrected chi connectivity index (χ0v) is 22.4. The van der Waals surface area contributed by atoms with Gasteiger partial charge in [-0.05, 0) is 102 Å². The Hall–Kier alpha value is -1.31. The molecule has 5 rings (SSSR count). The smallest absolute Gasteiger partial charge is 0.312 e. The molecule has 0 bridgehead atoms. The van der Waals surface area contributed by atoms with Gasteiger partial charge in [-0.15, -0.1) is 0 Å². The van der Waals surface area contributed by atoms with Gasteiger partial charge < -0.3 is 4.74 Å². The second-order valence-corrected chi connectivity index (χ2v) is 14.0. The fourth-order valence-electron chi connectivity index (χ4n) is 9.46. The molecule has 6 atom stereocenters. The molecule has 2 heteroatoms. The number of fused-ring (bicyclic) bond motifs is 7. The van der Waals surface area contributed by atoms with Crippen LogP contribution in [0.1, 0.15) is 99.8 Å². The van der Waals surface area contributed by atoms with Crippen molar-refractivity contribution < 1.29 is 9.53 Å². The predicted molar refractivity (Wildman–Crippen MR) is 136 cm³/mol. The molecule has 2 fully saturated rings. The Morgan fingerprint density at radius 2 is 1.67 bits per heavy atom. The number of allylic oxidation sites excluding steroid dienone is 6. The maximum atomic E-state index is 13.3. The summed E-state index contributed by atoms with van der Waals surface area (Å²) in [6, 6.07) is 0. The van der Waals surface area contributed by atoms with E-state index in [1.54, 1.807) is 23.8 Å². The lowest BCUT2D eigenvalue weighted by Gasteiger charge is -2.67. The number of rotatable bonds is 2. The maximum Gasteiger partial charge on any atom is 0.312 e. The number of carbonyl (C=O) groups excluding carboxylic acids is 1. The average Bonchev–Trinajstić information content (AvgIpc) is 3.10. The average molecular weight is 451 g/mol. The molecule has 2 saturated carbocycles.